The number of para-hydroxylation sites is 1. The Labute approximate surface area is 148 Å². The Balaban J connectivity index is 2.19. The molecular weight excluding hydrogens is 322 g/mol. The lowest BCUT2D eigenvalue weighted by Gasteiger charge is -2.21. The molecule has 2 aromatic rings. The van der Waals surface area contributed by atoms with Gasteiger partial charge in [-0.2, -0.15) is 0 Å². The topological polar surface area (TPSA) is 29.5 Å². The maximum Gasteiger partial charge on any atom is 0.227 e. The number of carbonyl (C=O) groups is 1. The van der Waals surface area contributed by atoms with E-state index in [1.165, 1.54) is 0 Å². The number of amides is 1. The van der Waals surface area contributed by atoms with E-state index < -0.39 is 0 Å². The predicted octanol–water partition coefficient (Wildman–Crippen LogP) is 5.20. The molecule has 0 fully saturated rings. The molecule has 1 amide bonds. The van der Waals surface area contributed by atoms with Gasteiger partial charge in [-0.3, -0.25) is 4.79 Å². The van der Waals surface area contributed by atoms with Crippen LogP contribution in [0.2, 0.25) is 5.02 Å². The minimum absolute atomic E-state index is 0.0874. The highest BCUT2D eigenvalue weighted by Crippen LogP contribution is 2.22. The quantitative estimate of drug-likeness (QED) is 0.692. The normalized spacial score (nSPS) is 10.8. The Morgan fingerprint density at radius 2 is 2.00 bits per heavy atom. The summed E-state index contributed by atoms with van der Waals surface area (Å²) < 4.78 is 5.34. The van der Waals surface area contributed by atoms with Crippen molar-refractivity contribution in [2.24, 2.45) is 0 Å². The van der Waals surface area contributed by atoms with Crippen LogP contribution in [0.3, 0.4) is 0 Å². The lowest BCUT2D eigenvalue weighted by atomic mass is 10.2. The molecular formula is C20H22ClNO2. The molecule has 2 rings (SSSR count). The van der Waals surface area contributed by atoms with Gasteiger partial charge in [-0.25, -0.2) is 0 Å². The van der Waals surface area contributed by atoms with Crippen molar-refractivity contribution in [3.05, 3.63) is 65.2 Å². The number of halogens is 1. The van der Waals surface area contributed by atoms with Gasteiger partial charge >= 0.3 is 0 Å². The summed E-state index contributed by atoms with van der Waals surface area (Å²) in [6.45, 7) is 2.48. The molecule has 0 N–H and O–H groups in total. The van der Waals surface area contributed by atoms with E-state index in [-0.39, 0.29) is 5.91 Å². The fourth-order valence-corrected chi connectivity index (χ4v) is 2.62. The van der Waals surface area contributed by atoms with E-state index in [1.54, 1.807) is 18.1 Å². The Bertz CT molecular complexity index is 712. The zero-order valence-corrected chi connectivity index (χ0v) is 14.8. The van der Waals surface area contributed by atoms with Crippen molar-refractivity contribution in [3.63, 3.8) is 0 Å². The van der Waals surface area contributed by atoms with Crippen molar-refractivity contribution in [2.75, 3.05) is 18.6 Å². The van der Waals surface area contributed by atoms with Gasteiger partial charge in [0.2, 0.25) is 5.91 Å². The fraction of sp³-hybridized carbons (Fsp3) is 0.250. The maximum absolute atomic E-state index is 12.4. The molecule has 0 aliphatic heterocycles. The van der Waals surface area contributed by atoms with Gasteiger partial charge in [0.25, 0.3) is 0 Å². The van der Waals surface area contributed by atoms with Crippen LogP contribution in [0.25, 0.3) is 6.08 Å². The van der Waals surface area contributed by atoms with Crippen LogP contribution in [-0.2, 0) is 4.79 Å². The van der Waals surface area contributed by atoms with Crippen LogP contribution in [0.1, 0.15) is 25.3 Å². The molecule has 0 bridgehead atoms. The standard InChI is InChI=1S/C20H22ClNO2/c1-3-8-20(23)22(18-12-6-11-17(21)15-18)14-7-10-16-9-4-5-13-19(16)24-2/h4-7,9-13,15H,3,8,14H2,1-2H3/b10-7+. The lowest BCUT2D eigenvalue weighted by Crippen LogP contribution is -2.30. The molecule has 0 saturated carbocycles. The second kappa shape index (κ2) is 9.14. The molecule has 0 aliphatic rings. The molecule has 126 valence electrons. The second-order valence-electron chi connectivity index (χ2n) is 5.38. The SMILES string of the molecule is CCCC(=O)N(C/C=C/c1ccccc1OC)c1cccc(Cl)c1. The van der Waals surface area contributed by atoms with Crippen molar-refractivity contribution < 1.29 is 9.53 Å². The molecule has 2 aromatic carbocycles. The van der Waals surface area contributed by atoms with E-state index in [0.717, 1.165) is 23.4 Å². The van der Waals surface area contributed by atoms with Crippen molar-refractivity contribution in [1.29, 1.82) is 0 Å². The minimum Gasteiger partial charge on any atom is -0.496 e. The van der Waals surface area contributed by atoms with E-state index >= 15 is 0 Å². The third-order valence-corrected chi connectivity index (χ3v) is 3.84. The van der Waals surface area contributed by atoms with Crippen LogP contribution < -0.4 is 9.64 Å². The Morgan fingerprint density at radius 3 is 2.71 bits per heavy atom. The number of methoxy groups -OCH3 is 1. The van der Waals surface area contributed by atoms with E-state index in [2.05, 4.69) is 0 Å². The van der Waals surface area contributed by atoms with Crippen LogP contribution in [0.15, 0.2) is 54.6 Å². The van der Waals surface area contributed by atoms with Crippen LogP contribution in [0.5, 0.6) is 5.75 Å². The van der Waals surface area contributed by atoms with Gasteiger partial charge < -0.3 is 9.64 Å². The number of ether oxygens (including phenoxy) is 1. The first-order chi connectivity index (χ1) is 11.7. The minimum atomic E-state index is 0.0874. The molecule has 0 heterocycles. The fourth-order valence-electron chi connectivity index (χ4n) is 2.43. The van der Waals surface area contributed by atoms with Crippen molar-refractivity contribution in [2.45, 2.75) is 19.8 Å². The summed E-state index contributed by atoms with van der Waals surface area (Å²) in [7, 11) is 1.65. The summed E-state index contributed by atoms with van der Waals surface area (Å²) in [6, 6.07) is 15.1. The Morgan fingerprint density at radius 1 is 1.21 bits per heavy atom. The van der Waals surface area contributed by atoms with E-state index in [9.17, 15) is 4.79 Å². The number of carbonyl (C=O) groups excluding carboxylic acids is 1. The van der Waals surface area contributed by atoms with Crippen LogP contribution in [0.4, 0.5) is 5.69 Å². The average molecular weight is 344 g/mol. The van der Waals surface area contributed by atoms with Gasteiger partial charge in [-0.15, -0.1) is 0 Å². The third kappa shape index (κ3) is 4.87. The smallest absolute Gasteiger partial charge is 0.227 e. The lowest BCUT2D eigenvalue weighted by molar-refractivity contribution is -0.118. The number of hydrogen-bond donors (Lipinski definition) is 0. The molecule has 0 radical (unpaired) electrons. The van der Waals surface area contributed by atoms with Crippen LogP contribution >= 0.6 is 11.6 Å². The molecule has 0 aliphatic carbocycles. The van der Waals surface area contributed by atoms with E-state index in [0.29, 0.717) is 18.0 Å². The summed E-state index contributed by atoms with van der Waals surface area (Å²) in [5.74, 6) is 0.896. The number of hydrogen-bond acceptors (Lipinski definition) is 2. The molecule has 0 spiro atoms. The van der Waals surface area contributed by atoms with Gasteiger partial charge in [0.1, 0.15) is 5.75 Å². The maximum atomic E-state index is 12.4. The predicted molar refractivity (Wildman–Crippen MR) is 101 cm³/mol. The van der Waals surface area contributed by atoms with Crippen molar-refractivity contribution in [1.82, 2.24) is 0 Å². The zero-order valence-electron chi connectivity index (χ0n) is 14.0. The number of rotatable bonds is 7. The zero-order chi connectivity index (χ0) is 17.4. The van der Waals surface area contributed by atoms with Crippen molar-refractivity contribution >= 4 is 29.3 Å². The first-order valence-corrected chi connectivity index (χ1v) is 8.39. The van der Waals surface area contributed by atoms with Crippen molar-refractivity contribution in [3.8, 4) is 5.75 Å². The van der Waals surface area contributed by atoms with Gasteiger partial charge in [-0.05, 0) is 30.7 Å². The van der Waals surface area contributed by atoms with Gasteiger partial charge in [-0.1, -0.05) is 54.9 Å². The van der Waals surface area contributed by atoms with E-state index in [4.69, 9.17) is 16.3 Å². The van der Waals surface area contributed by atoms with Crippen LogP contribution in [-0.4, -0.2) is 19.6 Å². The summed E-state index contributed by atoms with van der Waals surface area (Å²) in [4.78, 5) is 14.2. The number of anilines is 1. The first kappa shape index (κ1) is 18.1. The highest BCUT2D eigenvalue weighted by Gasteiger charge is 2.13. The largest absolute Gasteiger partial charge is 0.496 e. The molecule has 0 unspecified atom stereocenters. The van der Waals surface area contributed by atoms with Crippen LogP contribution in [0, 0.1) is 0 Å². The molecule has 0 saturated heterocycles. The molecule has 0 atom stereocenters. The Hall–Kier alpha value is -2.26. The van der Waals surface area contributed by atoms with Gasteiger partial charge in [0.15, 0.2) is 0 Å². The molecule has 0 aromatic heterocycles. The highest BCUT2D eigenvalue weighted by molar-refractivity contribution is 6.30. The molecule has 3 nitrogen and oxygen atoms in total. The second-order valence-corrected chi connectivity index (χ2v) is 5.81. The van der Waals surface area contributed by atoms with E-state index in [1.807, 2.05) is 61.5 Å². The molecule has 4 heteroatoms. The van der Waals surface area contributed by atoms with Gasteiger partial charge in [0, 0.05) is 29.2 Å². The monoisotopic (exact) mass is 343 g/mol. The highest BCUT2D eigenvalue weighted by atomic mass is 35.5. The molecule has 24 heavy (non-hydrogen) atoms. The average Bonchev–Trinajstić information content (AvgIpc) is 2.59. The van der Waals surface area contributed by atoms with Gasteiger partial charge in [0.05, 0.1) is 7.11 Å². The summed E-state index contributed by atoms with van der Waals surface area (Å²) in [5, 5.41) is 0.621. The number of nitrogens with zero attached hydrogens (tertiary/aromatic N) is 1. The Kier molecular flexibility index (Phi) is 6.89. The summed E-state index contributed by atoms with van der Waals surface area (Å²) in [6.07, 6.45) is 5.25. The summed E-state index contributed by atoms with van der Waals surface area (Å²) in [5.41, 5.74) is 1.79. The third-order valence-electron chi connectivity index (χ3n) is 3.61. The number of benzene rings is 2. The summed E-state index contributed by atoms with van der Waals surface area (Å²) >= 11 is 6.07. The first-order valence-electron chi connectivity index (χ1n) is 8.01.